The van der Waals surface area contributed by atoms with E-state index >= 15 is 0 Å². The van der Waals surface area contributed by atoms with E-state index in [0.29, 0.717) is 19.6 Å². The number of hydrogen-bond donors (Lipinski definition) is 1. The van der Waals surface area contributed by atoms with Crippen molar-refractivity contribution in [2.24, 2.45) is 5.41 Å². The van der Waals surface area contributed by atoms with E-state index in [9.17, 15) is 4.79 Å². The summed E-state index contributed by atoms with van der Waals surface area (Å²) in [4.78, 5) is 10.9. The first-order valence-corrected chi connectivity index (χ1v) is 6.27. The first-order valence-electron chi connectivity index (χ1n) is 5.47. The SMILES string of the molecule is CC(C)(CCOCc1cccc(Br)c1)C(=O)O. The molecule has 0 spiro atoms. The molecular weight excluding hydrogens is 284 g/mol. The number of benzene rings is 1. The first kappa shape index (κ1) is 14.2. The summed E-state index contributed by atoms with van der Waals surface area (Å²) in [5.41, 5.74) is 0.351. The predicted octanol–water partition coefficient (Wildman–Crippen LogP) is 3.47. The average Bonchev–Trinajstić information content (AvgIpc) is 2.24. The van der Waals surface area contributed by atoms with Crippen molar-refractivity contribution in [3.63, 3.8) is 0 Å². The molecule has 0 aliphatic heterocycles. The van der Waals surface area contributed by atoms with Crippen molar-refractivity contribution in [3.8, 4) is 0 Å². The third-order valence-corrected chi connectivity index (χ3v) is 3.10. The zero-order valence-electron chi connectivity index (χ0n) is 10.1. The highest BCUT2D eigenvalue weighted by Crippen LogP contribution is 2.20. The van der Waals surface area contributed by atoms with Crippen LogP contribution in [-0.4, -0.2) is 17.7 Å². The number of hydrogen-bond acceptors (Lipinski definition) is 2. The van der Waals surface area contributed by atoms with Gasteiger partial charge in [-0.05, 0) is 38.0 Å². The van der Waals surface area contributed by atoms with Gasteiger partial charge in [0.2, 0.25) is 0 Å². The number of ether oxygens (including phenoxy) is 1. The highest BCUT2D eigenvalue weighted by molar-refractivity contribution is 9.10. The van der Waals surface area contributed by atoms with Crippen molar-refractivity contribution in [2.75, 3.05) is 6.61 Å². The predicted molar refractivity (Wildman–Crippen MR) is 69.8 cm³/mol. The fraction of sp³-hybridized carbons (Fsp3) is 0.462. The molecule has 0 aromatic heterocycles. The van der Waals surface area contributed by atoms with E-state index in [1.165, 1.54) is 0 Å². The molecule has 0 radical (unpaired) electrons. The van der Waals surface area contributed by atoms with Gasteiger partial charge in [-0.2, -0.15) is 0 Å². The molecule has 0 aliphatic carbocycles. The molecule has 0 atom stereocenters. The van der Waals surface area contributed by atoms with Crippen LogP contribution >= 0.6 is 15.9 Å². The Hall–Kier alpha value is -0.870. The van der Waals surface area contributed by atoms with E-state index in [1.54, 1.807) is 13.8 Å². The van der Waals surface area contributed by atoms with E-state index in [0.717, 1.165) is 10.0 Å². The number of carboxylic acids is 1. The Kier molecular flexibility index (Phi) is 5.15. The summed E-state index contributed by atoms with van der Waals surface area (Å²) < 4.78 is 6.49. The van der Waals surface area contributed by atoms with Gasteiger partial charge in [-0.25, -0.2) is 0 Å². The second kappa shape index (κ2) is 6.17. The number of carbonyl (C=O) groups is 1. The largest absolute Gasteiger partial charge is 0.481 e. The van der Waals surface area contributed by atoms with Crippen LogP contribution in [0.15, 0.2) is 28.7 Å². The van der Waals surface area contributed by atoms with Gasteiger partial charge in [-0.3, -0.25) is 4.79 Å². The van der Waals surface area contributed by atoms with Gasteiger partial charge in [-0.1, -0.05) is 28.1 Å². The summed E-state index contributed by atoms with van der Waals surface area (Å²) in [6.07, 6.45) is 0.510. The second-order valence-electron chi connectivity index (χ2n) is 4.62. The minimum Gasteiger partial charge on any atom is -0.481 e. The Morgan fingerprint density at radius 1 is 1.47 bits per heavy atom. The smallest absolute Gasteiger partial charge is 0.309 e. The Morgan fingerprint density at radius 2 is 2.18 bits per heavy atom. The molecular formula is C13H17BrO3. The van der Waals surface area contributed by atoms with Crippen LogP contribution in [0.5, 0.6) is 0 Å². The van der Waals surface area contributed by atoms with Gasteiger partial charge in [0.25, 0.3) is 0 Å². The van der Waals surface area contributed by atoms with E-state index in [4.69, 9.17) is 9.84 Å². The summed E-state index contributed by atoms with van der Waals surface area (Å²) in [5.74, 6) is -0.788. The van der Waals surface area contributed by atoms with Gasteiger partial charge in [0.1, 0.15) is 0 Å². The third-order valence-electron chi connectivity index (χ3n) is 2.61. The summed E-state index contributed by atoms with van der Waals surface area (Å²) in [5, 5.41) is 8.93. The van der Waals surface area contributed by atoms with Crippen molar-refractivity contribution in [2.45, 2.75) is 26.9 Å². The molecule has 0 amide bonds. The molecule has 0 saturated carbocycles. The Labute approximate surface area is 110 Å². The van der Waals surface area contributed by atoms with Crippen LogP contribution in [-0.2, 0) is 16.1 Å². The van der Waals surface area contributed by atoms with E-state index < -0.39 is 11.4 Å². The first-order chi connectivity index (χ1) is 7.92. The molecule has 0 bridgehead atoms. The van der Waals surface area contributed by atoms with Crippen molar-refractivity contribution in [3.05, 3.63) is 34.3 Å². The summed E-state index contributed by atoms with van der Waals surface area (Å²) in [7, 11) is 0. The molecule has 3 nitrogen and oxygen atoms in total. The molecule has 17 heavy (non-hydrogen) atoms. The van der Waals surface area contributed by atoms with Gasteiger partial charge in [-0.15, -0.1) is 0 Å². The van der Waals surface area contributed by atoms with Crippen molar-refractivity contribution in [1.82, 2.24) is 0 Å². The normalized spacial score (nSPS) is 11.5. The second-order valence-corrected chi connectivity index (χ2v) is 5.54. The molecule has 0 saturated heterocycles. The fourth-order valence-corrected chi connectivity index (χ4v) is 1.70. The van der Waals surface area contributed by atoms with Crippen LogP contribution in [0.25, 0.3) is 0 Å². The van der Waals surface area contributed by atoms with Crippen LogP contribution in [0.4, 0.5) is 0 Å². The standard InChI is InChI=1S/C13H17BrO3/c1-13(2,12(15)16)6-7-17-9-10-4-3-5-11(14)8-10/h3-5,8H,6-7,9H2,1-2H3,(H,15,16). The fourth-order valence-electron chi connectivity index (χ4n) is 1.25. The summed E-state index contributed by atoms with van der Waals surface area (Å²) in [6, 6.07) is 7.87. The monoisotopic (exact) mass is 300 g/mol. The quantitative estimate of drug-likeness (QED) is 0.818. The Bertz CT molecular complexity index is 388. The maximum atomic E-state index is 10.9. The highest BCUT2D eigenvalue weighted by Gasteiger charge is 2.26. The molecule has 0 heterocycles. The number of halogens is 1. The molecule has 1 aromatic rings. The number of rotatable bonds is 6. The van der Waals surface area contributed by atoms with E-state index in [2.05, 4.69) is 15.9 Å². The topological polar surface area (TPSA) is 46.5 Å². The maximum absolute atomic E-state index is 10.9. The molecule has 0 fully saturated rings. The van der Waals surface area contributed by atoms with Gasteiger partial charge in [0, 0.05) is 11.1 Å². The lowest BCUT2D eigenvalue weighted by Crippen LogP contribution is -2.25. The minimum atomic E-state index is -0.788. The molecule has 4 heteroatoms. The van der Waals surface area contributed by atoms with Crippen LogP contribution in [0.1, 0.15) is 25.8 Å². The zero-order chi connectivity index (χ0) is 12.9. The average molecular weight is 301 g/mol. The lowest BCUT2D eigenvalue weighted by Gasteiger charge is -2.18. The highest BCUT2D eigenvalue weighted by atomic mass is 79.9. The van der Waals surface area contributed by atoms with Crippen LogP contribution < -0.4 is 0 Å². The van der Waals surface area contributed by atoms with Gasteiger partial charge in [0.05, 0.1) is 12.0 Å². The Balaban J connectivity index is 2.32. The van der Waals surface area contributed by atoms with E-state index in [1.807, 2.05) is 24.3 Å². The lowest BCUT2D eigenvalue weighted by atomic mass is 9.90. The third kappa shape index (κ3) is 4.88. The summed E-state index contributed by atoms with van der Waals surface area (Å²) >= 11 is 3.39. The van der Waals surface area contributed by atoms with E-state index in [-0.39, 0.29) is 0 Å². The van der Waals surface area contributed by atoms with Crippen LogP contribution in [0.2, 0.25) is 0 Å². The van der Waals surface area contributed by atoms with Crippen LogP contribution in [0.3, 0.4) is 0 Å². The minimum absolute atomic E-state index is 0.450. The maximum Gasteiger partial charge on any atom is 0.309 e. The van der Waals surface area contributed by atoms with Gasteiger partial charge < -0.3 is 9.84 Å². The van der Waals surface area contributed by atoms with Crippen molar-refractivity contribution in [1.29, 1.82) is 0 Å². The van der Waals surface area contributed by atoms with Gasteiger partial charge in [0.15, 0.2) is 0 Å². The number of aliphatic carboxylic acids is 1. The van der Waals surface area contributed by atoms with Crippen LogP contribution in [0, 0.1) is 5.41 Å². The zero-order valence-corrected chi connectivity index (χ0v) is 11.7. The summed E-state index contributed by atoms with van der Waals surface area (Å²) in [6.45, 7) is 4.37. The Morgan fingerprint density at radius 3 is 2.76 bits per heavy atom. The van der Waals surface area contributed by atoms with Gasteiger partial charge >= 0.3 is 5.97 Å². The molecule has 0 aliphatic rings. The molecule has 0 unspecified atom stereocenters. The molecule has 1 N–H and O–H groups in total. The molecule has 1 rings (SSSR count). The molecule has 1 aromatic carbocycles. The van der Waals surface area contributed by atoms with Crippen molar-refractivity contribution < 1.29 is 14.6 Å². The molecule has 94 valence electrons. The lowest BCUT2D eigenvalue weighted by molar-refractivity contribution is -0.148. The van der Waals surface area contributed by atoms with Crippen molar-refractivity contribution >= 4 is 21.9 Å². The number of carboxylic acid groups (broad SMARTS) is 1.